The molecule has 2 aromatic rings. The lowest BCUT2D eigenvalue weighted by Crippen LogP contribution is -2.24. The molecule has 0 atom stereocenters. The van der Waals surface area contributed by atoms with Gasteiger partial charge in [0.1, 0.15) is 11.4 Å². The van der Waals surface area contributed by atoms with Crippen molar-refractivity contribution in [2.75, 3.05) is 11.0 Å². The Kier molecular flexibility index (Phi) is 8.17. The number of halogens is 5. The first kappa shape index (κ1) is 26.2. The molecule has 0 spiro atoms. The summed E-state index contributed by atoms with van der Waals surface area (Å²) in [7, 11) is -3.91. The standard InChI is InChI=1S/C21H22F5N3O3S/c1-4-5-6-17-14(7-8-18(28-17)21(24,25)26)12(2)20(30)27-11-13-9-15(22)19(16(23)10-13)29-33(3,31)32/h7-10,29H,2,4-6,11H2,1,3H3,(H,27,30). The third kappa shape index (κ3) is 7.24. The normalized spacial score (nSPS) is 11.8. The summed E-state index contributed by atoms with van der Waals surface area (Å²) in [6.07, 6.45) is -2.47. The van der Waals surface area contributed by atoms with Gasteiger partial charge in [-0.05, 0) is 36.6 Å². The van der Waals surface area contributed by atoms with Gasteiger partial charge in [0.05, 0.1) is 6.26 Å². The Morgan fingerprint density at radius 2 is 1.76 bits per heavy atom. The highest BCUT2D eigenvalue weighted by Gasteiger charge is 2.33. The minimum absolute atomic E-state index is 0.0121. The van der Waals surface area contributed by atoms with Crippen LogP contribution in [0.1, 0.15) is 42.3 Å². The number of carbonyl (C=O) groups excluding carboxylic acids is 1. The molecule has 6 nitrogen and oxygen atoms in total. The van der Waals surface area contributed by atoms with E-state index in [2.05, 4.69) is 16.9 Å². The molecule has 12 heteroatoms. The van der Waals surface area contributed by atoms with Crippen LogP contribution in [0.4, 0.5) is 27.6 Å². The summed E-state index contributed by atoms with van der Waals surface area (Å²) in [6, 6.07) is 3.55. The van der Waals surface area contributed by atoms with Gasteiger partial charge in [-0.3, -0.25) is 9.52 Å². The highest BCUT2D eigenvalue weighted by molar-refractivity contribution is 7.92. The molecule has 0 unspecified atom stereocenters. The van der Waals surface area contributed by atoms with E-state index in [4.69, 9.17) is 0 Å². The molecule has 0 saturated carbocycles. The van der Waals surface area contributed by atoms with Crippen molar-refractivity contribution in [1.82, 2.24) is 10.3 Å². The highest BCUT2D eigenvalue weighted by Crippen LogP contribution is 2.30. The second-order valence-electron chi connectivity index (χ2n) is 7.26. The van der Waals surface area contributed by atoms with E-state index >= 15 is 0 Å². The first-order chi connectivity index (χ1) is 15.2. The maximum absolute atomic E-state index is 14.1. The Hall–Kier alpha value is -3.02. The Morgan fingerprint density at radius 1 is 1.15 bits per heavy atom. The number of amides is 1. The molecule has 33 heavy (non-hydrogen) atoms. The minimum atomic E-state index is -4.64. The van der Waals surface area contributed by atoms with Gasteiger partial charge in [-0.25, -0.2) is 22.2 Å². The van der Waals surface area contributed by atoms with E-state index in [0.29, 0.717) is 12.8 Å². The molecule has 0 aliphatic rings. The van der Waals surface area contributed by atoms with Gasteiger partial charge in [0.2, 0.25) is 10.0 Å². The number of nitrogens with zero attached hydrogens (tertiary/aromatic N) is 1. The SMILES string of the molecule is C=C(C(=O)NCc1cc(F)c(NS(C)(=O)=O)c(F)c1)c1ccc(C(F)(F)F)nc1CCCC. The van der Waals surface area contributed by atoms with Crippen molar-refractivity contribution in [3.05, 3.63) is 65.0 Å². The summed E-state index contributed by atoms with van der Waals surface area (Å²) in [4.78, 5) is 16.2. The maximum atomic E-state index is 14.1. The third-order valence-corrected chi connectivity index (χ3v) is 5.05. The predicted molar refractivity (Wildman–Crippen MR) is 114 cm³/mol. The van der Waals surface area contributed by atoms with Gasteiger partial charge in [-0.1, -0.05) is 26.0 Å². The number of carbonyl (C=O) groups is 1. The maximum Gasteiger partial charge on any atom is 0.433 e. The molecule has 0 fully saturated rings. The lowest BCUT2D eigenvalue weighted by molar-refractivity contribution is -0.141. The molecule has 0 saturated heterocycles. The van der Waals surface area contributed by atoms with Crippen molar-refractivity contribution in [1.29, 1.82) is 0 Å². The van der Waals surface area contributed by atoms with Crippen molar-refractivity contribution in [2.24, 2.45) is 0 Å². The fraction of sp³-hybridized carbons (Fsp3) is 0.333. The van der Waals surface area contributed by atoms with Gasteiger partial charge in [-0.15, -0.1) is 0 Å². The zero-order chi connectivity index (χ0) is 25.0. The van der Waals surface area contributed by atoms with Gasteiger partial charge < -0.3 is 5.32 Å². The number of benzene rings is 1. The average molecular weight is 491 g/mol. The number of unbranched alkanes of at least 4 members (excludes halogenated alkanes) is 1. The van der Waals surface area contributed by atoms with Crippen LogP contribution in [0.5, 0.6) is 0 Å². The van der Waals surface area contributed by atoms with E-state index < -0.39 is 45.1 Å². The van der Waals surface area contributed by atoms with Gasteiger partial charge >= 0.3 is 6.18 Å². The molecule has 0 aliphatic heterocycles. The number of alkyl halides is 3. The molecule has 1 aromatic carbocycles. The van der Waals surface area contributed by atoms with Crippen LogP contribution in [-0.2, 0) is 34.0 Å². The number of aromatic nitrogens is 1. The smallest absolute Gasteiger partial charge is 0.348 e. The topological polar surface area (TPSA) is 88.2 Å². The lowest BCUT2D eigenvalue weighted by atomic mass is 10.0. The van der Waals surface area contributed by atoms with Crippen LogP contribution >= 0.6 is 0 Å². The molecule has 1 heterocycles. The molecule has 180 valence electrons. The number of aryl methyl sites for hydroxylation is 1. The molecule has 0 radical (unpaired) electrons. The molecule has 1 aromatic heterocycles. The molecule has 0 aliphatic carbocycles. The fourth-order valence-corrected chi connectivity index (χ4v) is 3.46. The van der Waals surface area contributed by atoms with E-state index in [-0.39, 0.29) is 35.4 Å². The first-order valence-corrected chi connectivity index (χ1v) is 11.6. The largest absolute Gasteiger partial charge is 0.433 e. The summed E-state index contributed by atoms with van der Waals surface area (Å²) in [5, 5.41) is 2.39. The number of sulfonamides is 1. The Morgan fingerprint density at radius 3 is 2.27 bits per heavy atom. The molecule has 2 N–H and O–H groups in total. The van der Waals surface area contributed by atoms with E-state index in [1.54, 1.807) is 4.72 Å². The number of rotatable bonds is 9. The van der Waals surface area contributed by atoms with Gasteiger partial charge in [0, 0.05) is 23.4 Å². The fourth-order valence-electron chi connectivity index (χ4n) is 2.89. The average Bonchev–Trinajstić information content (AvgIpc) is 2.71. The van der Waals surface area contributed by atoms with Crippen LogP contribution in [0.15, 0.2) is 30.8 Å². The monoisotopic (exact) mass is 491 g/mol. The number of pyridine rings is 1. The Balaban J connectivity index is 2.20. The quantitative estimate of drug-likeness (QED) is 0.402. The number of anilines is 1. The van der Waals surface area contributed by atoms with E-state index in [0.717, 1.165) is 30.5 Å². The summed E-state index contributed by atoms with van der Waals surface area (Å²) < 4.78 is 91.4. The third-order valence-electron chi connectivity index (χ3n) is 4.47. The van der Waals surface area contributed by atoms with Crippen molar-refractivity contribution in [3.8, 4) is 0 Å². The van der Waals surface area contributed by atoms with Crippen molar-refractivity contribution in [3.63, 3.8) is 0 Å². The van der Waals surface area contributed by atoms with Gasteiger partial charge in [0.25, 0.3) is 5.91 Å². The zero-order valence-electron chi connectivity index (χ0n) is 17.8. The van der Waals surface area contributed by atoms with Crippen molar-refractivity contribution < 1.29 is 35.2 Å². The van der Waals surface area contributed by atoms with Crippen LogP contribution < -0.4 is 10.0 Å². The summed E-state index contributed by atoms with van der Waals surface area (Å²) in [5.74, 6) is -3.14. The van der Waals surface area contributed by atoms with E-state index in [9.17, 15) is 35.2 Å². The predicted octanol–water partition coefficient (Wildman–Crippen LogP) is 4.42. The number of hydrogen-bond donors (Lipinski definition) is 2. The second kappa shape index (κ2) is 10.3. The van der Waals surface area contributed by atoms with Crippen LogP contribution in [0.3, 0.4) is 0 Å². The lowest BCUT2D eigenvalue weighted by Gasteiger charge is -2.15. The summed E-state index contributed by atoms with van der Waals surface area (Å²) >= 11 is 0. The van der Waals surface area contributed by atoms with E-state index in [1.165, 1.54) is 0 Å². The van der Waals surface area contributed by atoms with Crippen molar-refractivity contribution in [2.45, 2.75) is 38.9 Å². The first-order valence-electron chi connectivity index (χ1n) is 9.73. The van der Waals surface area contributed by atoms with Crippen LogP contribution in [0.25, 0.3) is 5.57 Å². The van der Waals surface area contributed by atoms with Crippen molar-refractivity contribution >= 4 is 27.2 Å². The number of hydrogen-bond acceptors (Lipinski definition) is 4. The summed E-state index contributed by atoms with van der Waals surface area (Å²) in [5.41, 5.74) is -1.90. The van der Waals surface area contributed by atoms with Crippen LogP contribution in [-0.4, -0.2) is 25.6 Å². The molecular formula is C21H22F5N3O3S. The van der Waals surface area contributed by atoms with Crippen LogP contribution in [0, 0.1) is 11.6 Å². The zero-order valence-corrected chi connectivity index (χ0v) is 18.6. The highest BCUT2D eigenvalue weighted by atomic mass is 32.2. The Labute approximate surface area is 188 Å². The summed E-state index contributed by atoms with van der Waals surface area (Å²) in [6.45, 7) is 5.14. The van der Waals surface area contributed by atoms with Crippen LogP contribution in [0.2, 0.25) is 0 Å². The number of nitrogens with one attached hydrogen (secondary N) is 2. The molecular weight excluding hydrogens is 469 g/mol. The second-order valence-corrected chi connectivity index (χ2v) is 9.01. The molecule has 2 rings (SSSR count). The minimum Gasteiger partial charge on any atom is -0.348 e. The van der Waals surface area contributed by atoms with Gasteiger partial charge in [0.15, 0.2) is 11.6 Å². The molecule has 0 bridgehead atoms. The van der Waals surface area contributed by atoms with E-state index in [1.807, 2.05) is 6.92 Å². The Bertz CT molecular complexity index is 1140. The van der Waals surface area contributed by atoms with Gasteiger partial charge in [-0.2, -0.15) is 13.2 Å². The molecule has 1 amide bonds.